The third kappa shape index (κ3) is 9.09. The summed E-state index contributed by atoms with van der Waals surface area (Å²) in [4.78, 5) is 2.42. The number of hydrogen-bond donors (Lipinski definition) is 0. The number of hydrogen-bond acceptors (Lipinski definition) is 1. The fourth-order valence-electron chi connectivity index (χ4n) is 14.9. The topological polar surface area (TPSA) is 8.17 Å². The first kappa shape index (κ1) is 53.6. The van der Waals surface area contributed by atoms with Gasteiger partial charge in [0.2, 0.25) is 0 Å². The van der Waals surface area contributed by atoms with Gasteiger partial charge < -0.3 is 9.47 Å². The zero-order valence-electron chi connectivity index (χ0n) is 50.7. The van der Waals surface area contributed by atoms with Crippen molar-refractivity contribution in [2.75, 3.05) is 4.90 Å². The van der Waals surface area contributed by atoms with Crippen LogP contribution in [0.5, 0.6) is 0 Å². The van der Waals surface area contributed by atoms with Gasteiger partial charge in [0.25, 0.3) is 0 Å². The summed E-state index contributed by atoms with van der Waals surface area (Å²) in [6.45, 7) is 4.82. The van der Waals surface area contributed by atoms with E-state index in [-0.39, 0.29) is 5.41 Å². The molecular formula is C89H62N2. The van der Waals surface area contributed by atoms with Gasteiger partial charge in [0.1, 0.15) is 0 Å². The minimum Gasteiger partial charge on any atom is -0.310 e. The maximum Gasteiger partial charge on any atom is 0.0541 e. The molecule has 91 heavy (non-hydrogen) atoms. The van der Waals surface area contributed by atoms with Crippen LogP contribution in [0.2, 0.25) is 0 Å². The van der Waals surface area contributed by atoms with E-state index in [4.69, 9.17) is 0 Å². The summed E-state index contributed by atoms with van der Waals surface area (Å²) >= 11 is 0. The van der Waals surface area contributed by atoms with Crippen LogP contribution in [0.25, 0.3) is 138 Å². The number of aromatic nitrogens is 1. The molecule has 1 heterocycles. The molecule has 0 radical (unpaired) electrons. The van der Waals surface area contributed by atoms with Gasteiger partial charge in [-0.1, -0.05) is 269 Å². The molecule has 2 nitrogen and oxygen atoms in total. The molecule has 2 heteroatoms. The minimum atomic E-state index is -0.296. The highest BCUT2D eigenvalue weighted by Crippen LogP contribution is 2.54. The van der Waals surface area contributed by atoms with E-state index in [1.54, 1.807) is 0 Å². The molecule has 1 aromatic heterocycles. The summed E-state index contributed by atoms with van der Waals surface area (Å²) in [5, 5.41) is 7.43. The Kier molecular flexibility index (Phi) is 12.9. The van der Waals surface area contributed by atoms with Gasteiger partial charge in [0, 0.05) is 38.9 Å². The first-order valence-electron chi connectivity index (χ1n) is 31.6. The molecule has 0 spiro atoms. The lowest BCUT2D eigenvalue weighted by atomic mass is 9.80. The summed E-state index contributed by atoms with van der Waals surface area (Å²) in [6.07, 6.45) is 0. The van der Waals surface area contributed by atoms with Gasteiger partial charge in [0.05, 0.1) is 11.0 Å². The predicted molar refractivity (Wildman–Crippen MR) is 386 cm³/mol. The molecule has 15 aromatic carbocycles. The summed E-state index contributed by atoms with van der Waals surface area (Å²) in [5.74, 6) is 0. The normalized spacial score (nSPS) is 12.4. The number of rotatable bonds is 11. The molecule has 428 valence electrons. The average Bonchev–Trinajstić information content (AvgIpc) is 1.76. The average molecular weight is 1160 g/mol. The van der Waals surface area contributed by atoms with Crippen LogP contribution in [-0.4, -0.2) is 4.57 Å². The second kappa shape index (κ2) is 21.9. The van der Waals surface area contributed by atoms with Crippen molar-refractivity contribution in [1.82, 2.24) is 4.57 Å². The van der Waals surface area contributed by atoms with Crippen molar-refractivity contribution in [1.29, 1.82) is 0 Å². The molecule has 0 aliphatic heterocycles. The van der Waals surface area contributed by atoms with E-state index in [1.807, 2.05) is 0 Å². The van der Waals surface area contributed by atoms with E-state index in [9.17, 15) is 0 Å². The molecule has 16 aromatic rings. The highest BCUT2D eigenvalue weighted by atomic mass is 15.1. The van der Waals surface area contributed by atoms with Gasteiger partial charge in [-0.2, -0.15) is 0 Å². The van der Waals surface area contributed by atoms with Gasteiger partial charge in [0.15, 0.2) is 0 Å². The first-order valence-corrected chi connectivity index (χ1v) is 31.6. The first-order chi connectivity index (χ1) is 44.9. The highest BCUT2D eigenvalue weighted by Gasteiger charge is 2.37. The second-order valence-electron chi connectivity index (χ2n) is 24.7. The highest BCUT2D eigenvalue weighted by molar-refractivity contribution is 6.22. The third-order valence-corrected chi connectivity index (χ3v) is 19.2. The molecule has 0 amide bonds. The molecule has 0 saturated heterocycles. The molecule has 0 atom stereocenters. The maximum atomic E-state index is 2.50. The molecule has 0 unspecified atom stereocenters. The van der Waals surface area contributed by atoms with E-state index in [1.165, 1.54) is 132 Å². The van der Waals surface area contributed by atoms with Crippen molar-refractivity contribution in [3.05, 3.63) is 351 Å². The Morgan fingerprint density at radius 1 is 0.231 bits per heavy atom. The number of para-hydroxylation sites is 1. The Morgan fingerprint density at radius 2 is 0.604 bits per heavy atom. The Labute approximate surface area is 531 Å². The maximum absolute atomic E-state index is 2.50. The van der Waals surface area contributed by atoms with E-state index in [0.717, 1.165) is 33.8 Å². The van der Waals surface area contributed by atoms with Crippen molar-refractivity contribution >= 4 is 60.4 Å². The number of benzene rings is 15. The van der Waals surface area contributed by atoms with Gasteiger partial charge in [-0.15, -0.1) is 0 Å². The van der Waals surface area contributed by atoms with Crippen LogP contribution < -0.4 is 4.90 Å². The Bertz CT molecular complexity index is 5270. The van der Waals surface area contributed by atoms with Crippen molar-refractivity contribution in [3.63, 3.8) is 0 Å². The lowest BCUT2D eigenvalue weighted by molar-refractivity contribution is 0.660. The fourth-order valence-corrected chi connectivity index (χ4v) is 14.9. The van der Waals surface area contributed by atoms with Crippen LogP contribution in [0.4, 0.5) is 17.1 Å². The zero-order chi connectivity index (χ0) is 60.6. The molecule has 17 rings (SSSR count). The quantitative estimate of drug-likeness (QED) is 0.117. The molecular weight excluding hydrogens is 1100 g/mol. The van der Waals surface area contributed by atoms with Gasteiger partial charge in [-0.05, 0) is 207 Å². The van der Waals surface area contributed by atoms with Crippen LogP contribution in [0.15, 0.2) is 340 Å². The monoisotopic (exact) mass is 1160 g/mol. The molecule has 0 fully saturated rings. The molecule has 0 saturated carbocycles. The van der Waals surface area contributed by atoms with Crippen molar-refractivity contribution < 1.29 is 0 Å². The van der Waals surface area contributed by atoms with Crippen molar-refractivity contribution in [3.8, 4) is 94.7 Å². The van der Waals surface area contributed by atoms with Gasteiger partial charge in [-0.3, -0.25) is 0 Å². The van der Waals surface area contributed by atoms with Crippen molar-refractivity contribution in [2.24, 2.45) is 0 Å². The van der Waals surface area contributed by atoms with Crippen LogP contribution in [0, 0.1) is 0 Å². The molecule has 0 bridgehead atoms. The Hall–Kier alpha value is -11.6. The fraction of sp³-hybridized carbons (Fsp3) is 0.0337. The van der Waals surface area contributed by atoms with Crippen molar-refractivity contribution in [2.45, 2.75) is 19.3 Å². The molecule has 0 N–H and O–H groups in total. The number of fused-ring (bicyclic) bond motifs is 8. The smallest absolute Gasteiger partial charge is 0.0541 e. The lowest BCUT2D eigenvalue weighted by Crippen LogP contribution is -2.16. The third-order valence-electron chi connectivity index (χ3n) is 19.2. The van der Waals surface area contributed by atoms with Crippen LogP contribution in [0.1, 0.15) is 25.0 Å². The predicted octanol–water partition coefficient (Wildman–Crippen LogP) is 24.5. The van der Waals surface area contributed by atoms with E-state index < -0.39 is 0 Å². The summed E-state index contributed by atoms with van der Waals surface area (Å²) in [7, 11) is 0. The lowest BCUT2D eigenvalue weighted by Gasteiger charge is -2.28. The number of anilines is 3. The standard InChI is InChI=1S/C89H62N2/c1-89(2)83-57-66(88-79-40-21-19-38-77(79)87(78-39-20-22-41-80(78)88)65-31-23-30-62(54-65)59-24-7-3-8-25-59)42-50-75(83)76-51-49-70(58-84(76)89)90(67-32-13-6-14-33-67)68-45-47-69(48-46-68)91-85-52-43-63(73-36-17-15-34-71(73)60-26-9-4-10-27-60)55-81(85)82-56-64(44-53-86(82)91)74-37-18-16-35-72(74)61-28-11-5-12-29-61/h3-58H,1-2H3. The number of nitrogens with zero attached hydrogens (tertiary/aromatic N) is 2. The second-order valence-corrected chi connectivity index (χ2v) is 24.7. The minimum absolute atomic E-state index is 0.296. The largest absolute Gasteiger partial charge is 0.310 e. The zero-order valence-corrected chi connectivity index (χ0v) is 50.7. The summed E-state index contributed by atoms with van der Waals surface area (Å²) in [5.41, 5.74) is 28.7. The summed E-state index contributed by atoms with van der Waals surface area (Å²) in [6, 6.07) is 125. The van der Waals surface area contributed by atoms with Crippen LogP contribution in [-0.2, 0) is 5.41 Å². The van der Waals surface area contributed by atoms with Gasteiger partial charge >= 0.3 is 0 Å². The van der Waals surface area contributed by atoms with Crippen LogP contribution >= 0.6 is 0 Å². The van der Waals surface area contributed by atoms with E-state index >= 15 is 0 Å². The molecule has 1 aliphatic carbocycles. The Morgan fingerprint density at radius 3 is 1.12 bits per heavy atom. The van der Waals surface area contributed by atoms with E-state index in [2.05, 4.69) is 363 Å². The van der Waals surface area contributed by atoms with Crippen LogP contribution in [0.3, 0.4) is 0 Å². The summed E-state index contributed by atoms with van der Waals surface area (Å²) < 4.78 is 2.45. The van der Waals surface area contributed by atoms with Gasteiger partial charge in [-0.25, -0.2) is 0 Å². The van der Waals surface area contributed by atoms with E-state index in [0.29, 0.717) is 0 Å². The SMILES string of the molecule is CC1(C)c2cc(-c3c4ccccc4c(-c4cccc(-c5ccccc5)c4)c4ccccc34)ccc2-c2ccc(N(c3ccccc3)c3ccc(-n4c5ccc(-c6ccccc6-c6ccccc6)cc5c5cc(-c6ccccc6-c6ccccc6)ccc54)cc3)cc21. The Balaban J connectivity index is 0.758. The molecule has 1 aliphatic rings.